The van der Waals surface area contributed by atoms with Crippen molar-refractivity contribution in [3.8, 4) is 39.9 Å². The molecule has 0 bridgehead atoms. The van der Waals surface area contributed by atoms with E-state index in [4.69, 9.17) is 4.18 Å². The van der Waals surface area contributed by atoms with Gasteiger partial charge in [-0.25, -0.2) is 13.4 Å². The molecule has 0 spiro atoms. The van der Waals surface area contributed by atoms with Crippen LogP contribution in [0.4, 0.5) is 11.4 Å². The number of rotatable bonds is 7. The molecule has 0 radical (unpaired) electrons. The van der Waals surface area contributed by atoms with Crippen molar-refractivity contribution in [3.05, 3.63) is 123 Å². The zero-order valence-corrected chi connectivity index (χ0v) is 27.5. The summed E-state index contributed by atoms with van der Waals surface area (Å²) in [4.78, 5) is 20.6. The Morgan fingerprint density at radius 1 is 0.766 bits per heavy atom. The normalized spacial score (nSPS) is 13.0. The zero-order chi connectivity index (χ0) is 32.3. The molecule has 13 heteroatoms. The van der Waals surface area contributed by atoms with Crippen molar-refractivity contribution < 1.29 is 71.9 Å². The molecule has 0 aliphatic carbocycles. The molecule has 11 nitrogen and oxygen atoms in total. The van der Waals surface area contributed by atoms with Gasteiger partial charge in [-0.05, 0) is 65.6 Å². The summed E-state index contributed by atoms with van der Waals surface area (Å²) in [5.41, 5.74) is 2.60. The number of nitrogens with zero attached hydrogens (tertiary/aromatic N) is 2. The summed E-state index contributed by atoms with van der Waals surface area (Å²) in [6.07, 6.45) is 0.376. The minimum atomic E-state index is -5.18. The van der Waals surface area contributed by atoms with Crippen LogP contribution in [0.25, 0.3) is 16.7 Å². The Morgan fingerprint density at radius 3 is 1.94 bits per heavy atom. The van der Waals surface area contributed by atoms with Crippen LogP contribution in [-0.2, 0) is 21.6 Å². The largest absolute Gasteiger partial charge is 1.00 e. The van der Waals surface area contributed by atoms with Gasteiger partial charge in [0.15, 0.2) is 11.5 Å². The standard InChI is InChI=1S/C34H24N2O9S.Na/c37-21-10-4-18(5-11-21)16-17-36-32-27(20-8-14-23(39)15-9-20)33(40)31-28(24-2-1-3-25(30(24)35-31)45-46(42,43)44)29(32)26(34(36)41)19-6-12-22(38)13-7-19;/h1-15,37-40H,16-17H2,(H,42,43,44);/q;+1/p-1. The van der Waals surface area contributed by atoms with Crippen molar-refractivity contribution in [2.45, 2.75) is 6.42 Å². The fraction of sp³-hybridized carbons (Fsp3) is 0.0588. The van der Waals surface area contributed by atoms with Gasteiger partial charge in [0.05, 0.1) is 16.8 Å². The van der Waals surface area contributed by atoms with E-state index in [0.717, 1.165) is 5.56 Å². The second kappa shape index (κ2) is 12.1. The Labute approximate surface area is 289 Å². The predicted octanol–water partition coefficient (Wildman–Crippen LogP) is 0.359. The smallest absolute Gasteiger partial charge is 0.716 e. The number of aromatic hydroxyl groups is 4. The fourth-order valence-electron chi connectivity index (χ4n) is 5.98. The van der Waals surface area contributed by atoms with E-state index in [1.807, 2.05) is 0 Å². The first-order valence-electron chi connectivity index (χ1n) is 14.0. The average Bonchev–Trinajstić information content (AvgIpc) is 3.54. The molecule has 7 rings (SSSR count). The maximum Gasteiger partial charge on any atom is 1.00 e. The van der Waals surface area contributed by atoms with E-state index in [2.05, 4.69) is 4.99 Å². The molecule has 0 unspecified atom stereocenters. The molecule has 4 N–H and O–H groups in total. The van der Waals surface area contributed by atoms with E-state index >= 15 is 0 Å². The quantitative estimate of drug-likeness (QED) is 0.107. The van der Waals surface area contributed by atoms with Crippen LogP contribution in [0.15, 0.2) is 96.0 Å². The van der Waals surface area contributed by atoms with Crippen molar-refractivity contribution in [3.63, 3.8) is 0 Å². The van der Waals surface area contributed by atoms with Gasteiger partial charge in [0.25, 0.3) is 16.3 Å². The van der Waals surface area contributed by atoms with E-state index in [1.54, 1.807) is 54.6 Å². The van der Waals surface area contributed by atoms with Crippen LogP contribution in [0.3, 0.4) is 0 Å². The molecule has 2 aliphatic heterocycles. The van der Waals surface area contributed by atoms with Crippen molar-refractivity contribution in [2.24, 2.45) is 4.99 Å². The summed E-state index contributed by atoms with van der Waals surface area (Å²) in [6, 6.07) is 23.0. The van der Waals surface area contributed by atoms with Gasteiger partial charge in [-0.3, -0.25) is 4.79 Å². The van der Waals surface area contributed by atoms with Crippen LogP contribution in [0, 0.1) is 10.4 Å². The molecule has 0 saturated heterocycles. The summed E-state index contributed by atoms with van der Waals surface area (Å²) in [7, 11) is -5.18. The second-order valence-corrected chi connectivity index (χ2v) is 11.8. The first kappa shape index (κ1) is 32.1. The SMILES string of the molecule is O=C1C(c2ccc(O)cc2)=c2c(c(-c3ccc(O)cc3)c(O)c3c2=c2cccc(OS(=O)(=O)[O-])c2=N3)N1CCc1ccc(O)cc1.[Na+]. The van der Waals surface area contributed by atoms with Crippen molar-refractivity contribution >= 4 is 33.3 Å². The first-order valence-corrected chi connectivity index (χ1v) is 15.3. The van der Waals surface area contributed by atoms with Gasteiger partial charge < -0.3 is 34.1 Å². The molecule has 2 aliphatic rings. The monoisotopic (exact) mass is 658 g/mol. The number of phenols is 4. The van der Waals surface area contributed by atoms with Crippen LogP contribution in [-0.4, -0.2) is 45.8 Å². The van der Waals surface area contributed by atoms with Gasteiger partial charge in [0, 0.05) is 22.2 Å². The number of anilines is 1. The molecule has 230 valence electrons. The number of fused-ring (bicyclic) bond motifs is 4. The third-order valence-electron chi connectivity index (χ3n) is 7.96. The Kier molecular flexibility index (Phi) is 8.24. The number of amides is 1. The number of carbonyl (C=O) groups is 1. The van der Waals surface area contributed by atoms with E-state index in [9.17, 15) is 38.2 Å². The van der Waals surface area contributed by atoms with Gasteiger partial charge in [-0.1, -0.05) is 48.5 Å². The van der Waals surface area contributed by atoms with Crippen LogP contribution in [0.1, 0.15) is 11.1 Å². The Hall–Kier alpha value is -4.85. The van der Waals surface area contributed by atoms with Crippen LogP contribution < -0.4 is 49.2 Å². The van der Waals surface area contributed by atoms with Gasteiger partial charge in [0.1, 0.15) is 28.3 Å². The van der Waals surface area contributed by atoms with Crippen molar-refractivity contribution in [2.75, 3.05) is 11.4 Å². The number of hydrogen-bond donors (Lipinski definition) is 4. The summed E-state index contributed by atoms with van der Waals surface area (Å²) in [5.74, 6) is -1.00. The molecular weight excluding hydrogens is 635 g/mol. The molecule has 0 fully saturated rings. The summed E-state index contributed by atoms with van der Waals surface area (Å²) < 4.78 is 39.4. The van der Waals surface area contributed by atoms with Gasteiger partial charge in [0.2, 0.25) is 0 Å². The van der Waals surface area contributed by atoms with Crippen molar-refractivity contribution in [1.29, 1.82) is 0 Å². The summed E-state index contributed by atoms with van der Waals surface area (Å²) in [6.45, 7) is 0.156. The number of benzene rings is 5. The molecule has 0 aromatic heterocycles. The minimum Gasteiger partial charge on any atom is -0.716 e. The topological polar surface area (TPSA) is 180 Å². The molecule has 2 heterocycles. The Bertz CT molecular complexity index is 2420. The molecule has 47 heavy (non-hydrogen) atoms. The molecule has 0 saturated carbocycles. The number of hydrogen-bond acceptors (Lipinski definition) is 10. The number of carbonyl (C=O) groups excluding carboxylic acids is 1. The van der Waals surface area contributed by atoms with E-state index in [0.29, 0.717) is 38.9 Å². The molecule has 1 amide bonds. The third-order valence-corrected chi connectivity index (χ3v) is 8.34. The van der Waals surface area contributed by atoms with Crippen molar-refractivity contribution in [1.82, 2.24) is 0 Å². The van der Waals surface area contributed by atoms with E-state index < -0.39 is 16.3 Å². The summed E-state index contributed by atoms with van der Waals surface area (Å²) >= 11 is 0. The number of phenolic OH excluding ortho intramolecular Hbond substituents is 4. The van der Waals surface area contributed by atoms with E-state index in [1.165, 1.54) is 41.3 Å². The van der Waals surface area contributed by atoms with Crippen LogP contribution in [0.2, 0.25) is 0 Å². The maximum absolute atomic E-state index is 14.5. The molecule has 5 aromatic rings. The molecule has 0 atom stereocenters. The van der Waals surface area contributed by atoms with Gasteiger partial charge in [-0.2, -0.15) is 0 Å². The third kappa shape index (κ3) is 5.70. The van der Waals surface area contributed by atoms with Gasteiger partial charge >= 0.3 is 29.6 Å². The zero-order valence-electron chi connectivity index (χ0n) is 24.7. The predicted molar refractivity (Wildman–Crippen MR) is 165 cm³/mol. The summed E-state index contributed by atoms with van der Waals surface area (Å²) in [5, 5.41) is 42.7. The fourth-order valence-corrected chi connectivity index (χ4v) is 6.34. The number of para-hydroxylation sites is 1. The Morgan fingerprint density at radius 2 is 1.34 bits per heavy atom. The minimum absolute atomic E-state index is 0. The van der Waals surface area contributed by atoms with Crippen LogP contribution >= 0.6 is 0 Å². The maximum atomic E-state index is 14.5. The second-order valence-electron chi connectivity index (χ2n) is 10.8. The average molecular weight is 659 g/mol. The Balaban J connectivity index is 0.00000386. The van der Waals surface area contributed by atoms with Gasteiger partial charge in [-0.15, -0.1) is 0 Å². The molecular formula is C34H23N2NaO9S. The molecule has 5 aromatic carbocycles. The first-order chi connectivity index (χ1) is 22.0. The van der Waals surface area contributed by atoms with Crippen LogP contribution in [0.5, 0.6) is 28.7 Å². The van der Waals surface area contributed by atoms with E-state index in [-0.39, 0.29) is 87.0 Å².